The average Bonchev–Trinajstić information content (AvgIpc) is 3.21. The SMILES string of the molecule is Cc1c(-c2cc3cc(OC(=O)NC4COCC4C)ncc3c(N)c2F)cnc2c1NC(=O)CO2. The fourth-order valence-electron chi connectivity index (χ4n) is 4.07. The molecule has 2 aliphatic rings. The number of carbonyl (C=O) groups is 2. The van der Waals surface area contributed by atoms with Crippen LogP contribution in [0.3, 0.4) is 0 Å². The van der Waals surface area contributed by atoms with Crippen LogP contribution in [0.5, 0.6) is 11.8 Å². The molecule has 2 unspecified atom stereocenters. The molecule has 1 saturated heterocycles. The minimum Gasteiger partial charge on any atom is -0.466 e. The number of benzene rings is 1. The third kappa shape index (κ3) is 3.83. The number of halogens is 1. The van der Waals surface area contributed by atoms with Crippen LogP contribution in [-0.2, 0) is 9.53 Å². The molecule has 0 saturated carbocycles. The summed E-state index contributed by atoms with van der Waals surface area (Å²) >= 11 is 0. The molecule has 1 aromatic carbocycles. The number of ether oxygens (including phenoxy) is 3. The van der Waals surface area contributed by atoms with Crippen LogP contribution in [0, 0.1) is 18.7 Å². The van der Waals surface area contributed by atoms with Gasteiger partial charge in [0.2, 0.25) is 11.8 Å². The highest BCUT2D eigenvalue weighted by Crippen LogP contribution is 2.39. The first-order valence-electron chi connectivity index (χ1n) is 10.7. The van der Waals surface area contributed by atoms with Crippen molar-refractivity contribution in [1.29, 1.82) is 0 Å². The summed E-state index contributed by atoms with van der Waals surface area (Å²) in [5.74, 6) is -0.495. The first kappa shape index (κ1) is 21.8. The van der Waals surface area contributed by atoms with Crippen molar-refractivity contribution in [2.24, 2.45) is 5.92 Å². The van der Waals surface area contributed by atoms with Gasteiger partial charge in [-0.2, -0.15) is 0 Å². The van der Waals surface area contributed by atoms with E-state index in [0.29, 0.717) is 40.8 Å². The zero-order valence-electron chi connectivity index (χ0n) is 18.5. The van der Waals surface area contributed by atoms with Crippen LogP contribution in [0.1, 0.15) is 12.5 Å². The number of pyridine rings is 2. The van der Waals surface area contributed by atoms with Gasteiger partial charge in [-0.05, 0) is 23.9 Å². The second kappa shape index (κ2) is 8.41. The van der Waals surface area contributed by atoms with Gasteiger partial charge in [-0.1, -0.05) is 6.92 Å². The maximum absolute atomic E-state index is 15.3. The first-order chi connectivity index (χ1) is 16.3. The largest absolute Gasteiger partial charge is 0.466 e. The average molecular weight is 467 g/mol. The molecule has 2 aromatic heterocycles. The van der Waals surface area contributed by atoms with Gasteiger partial charge in [0.15, 0.2) is 12.4 Å². The Labute approximate surface area is 193 Å². The summed E-state index contributed by atoms with van der Waals surface area (Å²) in [5.41, 5.74) is 7.54. The van der Waals surface area contributed by atoms with Crippen LogP contribution in [-0.4, -0.2) is 47.8 Å². The second-order valence-electron chi connectivity index (χ2n) is 8.36. The lowest BCUT2D eigenvalue weighted by Gasteiger charge is -2.21. The lowest BCUT2D eigenvalue weighted by atomic mass is 9.97. The predicted octanol–water partition coefficient (Wildman–Crippen LogP) is 2.78. The minimum absolute atomic E-state index is 0.0366. The number of hydrogen-bond donors (Lipinski definition) is 3. The van der Waals surface area contributed by atoms with Gasteiger partial charge in [0.25, 0.3) is 5.91 Å². The third-order valence-electron chi connectivity index (χ3n) is 6.04. The van der Waals surface area contributed by atoms with Crippen molar-refractivity contribution in [1.82, 2.24) is 15.3 Å². The van der Waals surface area contributed by atoms with Crippen LogP contribution >= 0.6 is 0 Å². The van der Waals surface area contributed by atoms with Crippen molar-refractivity contribution in [3.05, 3.63) is 35.9 Å². The third-order valence-corrected chi connectivity index (χ3v) is 6.04. The maximum atomic E-state index is 15.3. The number of anilines is 2. The minimum atomic E-state index is -0.657. The van der Waals surface area contributed by atoms with Crippen molar-refractivity contribution in [3.8, 4) is 22.9 Å². The summed E-state index contributed by atoms with van der Waals surface area (Å²) in [6.45, 7) is 4.55. The van der Waals surface area contributed by atoms with E-state index >= 15 is 4.39 Å². The zero-order chi connectivity index (χ0) is 24.0. The van der Waals surface area contributed by atoms with Gasteiger partial charge < -0.3 is 30.6 Å². The highest BCUT2D eigenvalue weighted by molar-refractivity contribution is 6.00. The van der Waals surface area contributed by atoms with Crippen LogP contribution in [0.2, 0.25) is 0 Å². The Morgan fingerprint density at radius 3 is 2.85 bits per heavy atom. The topological polar surface area (TPSA) is 138 Å². The van der Waals surface area contributed by atoms with Crippen molar-refractivity contribution in [3.63, 3.8) is 0 Å². The van der Waals surface area contributed by atoms with E-state index < -0.39 is 11.9 Å². The number of carbonyl (C=O) groups excluding carboxylic acids is 2. The number of nitrogens with one attached hydrogen (secondary N) is 2. The number of nitrogens with two attached hydrogens (primary N) is 1. The monoisotopic (exact) mass is 467 g/mol. The smallest absolute Gasteiger partial charge is 0.414 e. The molecule has 176 valence electrons. The van der Waals surface area contributed by atoms with E-state index in [0.717, 1.165) is 0 Å². The molecule has 34 heavy (non-hydrogen) atoms. The summed E-state index contributed by atoms with van der Waals surface area (Å²) < 4.78 is 31.3. The molecule has 4 heterocycles. The number of nitrogens with zero attached hydrogens (tertiary/aromatic N) is 2. The Morgan fingerprint density at radius 1 is 1.26 bits per heavy atom. The van der Waals surface area contributed by atoms with Crippen molar-refractivity contribution in [2.75, 3.05) is 30.9 Å². The normalized spacial score (nSPS) is 19.3. The molecule has 1 fully saturated rings. The fourth-order valence-corrected chi connectivity index (χ4v) is 4.07. The molecule has 2 atom stereocenters. The van der Waals surface area contributed by atoms with Gasteiger partial charge in [-0.15, -0.1) is 0 Å². The summed E-state index contributed by atoms with van der Waals surface area (Å²) in [4.78, 5) is 32.4. The molecule has 0 bridgehead atoms. The van der Waals surface area contributed by atoms with Gasteiger partial charge in [0, 0.05) is 40.9 Å². The second-order valence-corrected chi connectivity index (χ2v) is 8.36. The maximum Gasteiger partial charge on any atom is 0.414 e. The van der Waals surface area contributed by atoms with Crippen molar-refractivity contribution in [2.45, 2.75) is 19.9 Å². The molecule has 5 rings (SSSR count). The van der Waals surface area contributed by atoms with Crippen LogP contribution in [0.15, 0.2) is 24.5 Å². The van der Waals surface area contributed by atoms with E-state index in [9.17, 15) is 9.59 Å². The molecule has 2 amide bonds. The highest BCUT2D eigenvalue weighted by Gasteiger charge is 2.27. The fraction of sp³-hybridized carbons (Fsp3) is 0.304. The Bertz CT molecular complexity index is 1330. The molecular weight excluding hydrogens is 445 g/mol. The Morgan fingerprint density at radius 2 is 2.09 bits per heavy atom. The van der Waals surface area contributed by atoms with E-state index in [2.05, 4.69) is 20.6 Å². The lowest BCUT2D eigenvalue weighted by molar-refractivity contribution is -0.118. The molecule has 4 N–H and O–H groups in total. The number of rotatable bonds is 3. The molecule has 0 radical (unpaired) electrons. The Hall–Kier alpha value is -3.99. The highest BCUT2D eigenvalue weighted by atomic mass is 19.1. The van der Waals surface area contributed by atoms with Gasteiger partial charge in [0.1, 0.15) is 5.69 Å². The van der Waals surface area contributed by atoms with Crippen molar-refractivity contribution >= 4 is 34.1 Å². The van der Waals surface area contributed by atoms with E-state index in [1.807, 2.05) is 6.92 Å². The molecule has 11 heteroatoms. The lowest BCUT2D eigenvalue weighted by Crippen LogP contribution is -2.40. The summed E-state index contributed by atoms with van der Waals surface area (Å²) in [7, 11) is 0. The summed E-state index contributed by atoms with van der Waals surface area (Å²) in [6.07, 6.45) is 2.16. The molecule has 3 aromatic rings. The first-order valence-corrected chi connectivity index (χ1v) is 10.7. The number of hydrogen-bond acceptors (Lipinski definition) is 8. The Kier molecular flexibility index (Phi) is 5.40. The van der Waals surface area contributed by atoms with Crippen molar-refractivity contribution < 1.29 is 28.2 Å². The molecule has 10 nitrogen and oxygen atoms in total. The van der Waals surface area contributed by atoms with E-state index in [4.69, 9.17) is 19.9 Å². The van der Waals surface area contributed by atoms with Gasteiger partial charge in [0.05, 0.1) is 24.9 Å². The number of fused-ring (bicyclic) bond motifs is 2. The standard InChI is InChI=1S/C23H22FN5O5/c1-10-7-32-8-16(10)28-23(31)34-18-4-12-3-13(19(24)20(25)15(12)6-26-18)14-5-27-22-21(11(14)2)29-17(30)9-33-22/h3-6,10,16H,7-9,25H2,1-2H3,(H,28,31)(H,29,30). The van der Waals surface area contributed by atoms with E-state index in [-0.39, 0.29) is 47.5 Å². The van der Waals surface area contributed by atoms with Crippen LogP contribution in [0.4, 0.5) is 20.6 Å². The van der Waals surface area contributed by atoms with Gasteiger partial charge in [-0.3, -0.25) is 4.79 Å². The quantitative estimate of drug-likeness (QED) is 0.500. The number of nitrogen functional groups attached to an aromatic ring is 1. The van der Waals surface area contributed by atoms with Crippen LogP contribution in [0.25, 0.3) is 21.9 Å². The predicted molar refractivity (Wildman–Crippen MR) is 121 cm³/mol. The summed E-state index contributed by atoms with van der Waals surface area (Å²) in [5, 5.41) is 6.35. The number of amides is 2. The summed E-state index contributed by atoms with van der Waals surface area (Å²) in [6, 6.07) is 2.94. The zero-order valence-corrected chi connectivity index (χ0v) is 18.5. The molecular formula is C23H22FN5O5. The molecule has 0 spiro atoms. The van der Waals surface area contributed by atoms with E-state index in [1.54, 1.807) is 13.0 Å². The van der Waals surface area contributed by atoms with Gasteiger partial charge in [-0.25, -0.2) is 19.2 Å². The Balaban J connectivity index is 1.49. The van der Waals surface area contributed by atoms with E-state index in [1.165, 1.54) is 18.5 Å². The van der Waals surface area contributed by atoms with Gasteiger partial charge >= 0.3 is 6.09 Å². The molecule has 0 aliphatic carbocycles. The molecule has 2 aliphatic heterocycles. The van der Waals surface area contributed by atoms with Crippen LogP contribution < -0.4 is 25.8 Å². The number of aromatic nitrogens is 2.